The lowest BCUT2D eigenvalue weighted by Gasteiger charge is -2.09. The highest BCUT2D eigenvalue weighted by atomic mass is 14.9. The van der Waals surface area contributed by atoms with Gasteiger partial charge in [-0.3, -0.25) is 0 Å². The summed E-state index contributed by atoms with van der Waals surface area (Å²) in [4.78, 5) is 0. The molecule has 0 bridgehead atoms. The summed E-state index contributed by atoms with van der Waals surface area (Å²) in [6, 6.07) is 23.0. The molecule has 102 valence electrons. The lowest BCUT2D eigenvalue weighted by Crippen LogP contribution is -1.93. The minimum Gasteiger partial charge on any atom is -0.399 e. The van der Waals surface area contributed by atoms with Gasteiger partial charge in [0, 0.05) is 17.1 Å². The number of hydrogen-bond acceptors (Lipinski definition) is 2. The average molecular weight is 272 g/mol. The molecule has 3 aromatic rings. The van der Waals surface area contributed by atoms with Crippen LogP contribution in [0.1, 0.15) is 11.1 Å². The third kappa shape index (κ3) is 2.15. The Morgan fingerprint density at radius 1 is 0.714 bits per heavy atom. The lowest BCUT2D eigenvalue weighted by molar-refractivity contribution is 1.26. The third-order valence-electron chi connectivity index (χ3n) is 3.97. The van der Waals surface area contributed by atoms with Gasteiger partial charge in [0.25, 0.3) is 0 Å². The molecule has 4 rings (SSSR count). The van der Waals surface area contributed by atoms with Crippen molar-refractivity contribution in [3.05, 3.63) is 77.9 Å². The summed E-state index contributed by atoms with van der Waals surface area (Å²) >= 11 is 0. The second kappa shape index (κ2) is 4.67. The first kappa shape index (κ1) is 12.0. The fourth-order valence-electron chi connectivity index (χ4n) is 3.01. The third-order valence-corrected chi connectivity index (χ3v) is 3.97. The highest BCUT2D eigenvalue weighted by molar-refractivity contribution is 5.79. The predicted molar refractivity (Wildman–Crippen MR) is 88.8 cm³/mol. The van der Waals surface area contributed by atoms with E-state index < -0.39 is 0 Å². The topological polar surface area (TPSA) is 38.0 Å². The van der Waals surface area contributed by atoms with Crippen LogP contribution in [0.3, 0.4) is 0 Å². The molecule has 0 fully saturated rings. The summed E-state index contributed by atoms with van der Waals surface area (Å²) in [6.45, 7) is 0. The van der Waals surface area contributed by atoms with Crippen molar-refractivity contribution in [2.45, 2.75) is 6.42 Å². The minimum atomic E-state index is 0.772. The molecule has 0 atom stereocenters. The maximum absolute atomic E-state index is 5.82. The Morgan fingerprint density at radius 2 is 1.52 bits per heavy atom. The van der Waals surface area contributed by atoms with Crippen LogP contribution >= 0.6 is 0 Å². The second-order valence-corrected chi connectivity index (χ2v) is 5.46. The van der Waals surface area contributed by atoms with E-state index in [0.29, 0.717) is 0 Å². The number of nitrogens with two attached hydrogens (primary N) is 1. The zero-order chi connectivity index (χ0) is 14.2. The van der Waals surface area contributed by atoms with Crippen molar-refractivity contribution < 1.29 is 0 Å². The van der Waals surface area contributed by atoms with Gasteiger partial charge in [0.05, 0.1) is 0 Å². The molecule has 0 aromatic heterocycles. The standard InChI is InChI=1S/C19H16N2/c20-15-5-3-6-16(12-15)21-17-8-9-19-14(11-17)10-13-4-1-2-7-18(13)19/h1-9,11-12,21H,10,20H2. The summed E-state index contributed by atoms with van der Waals surface area (Å²) in [6.07, 6.45) is 1.01. The van der Waals surface area contributed by atoms with Crippen molar-refractivity contribution in [1.82, 2.24) is 0 Å². The van der Waals surface area contributed by atoms with Crippen molar-refractivity contribution in [2.75, 3.05) is 11.1 Å². The van der Waals surface area contributed by atoms with Gasteiger partial charge in [-0.15, -0.1) is 0 Å². The molecule has 3 aromatic carbocycles. The fraction of sp³-hybridized carbons (Fsp3) is 0.0526. The average Bonchev–Trinajstić information content (AvgIpc) is 2.85. The monoisotopic (exact) mass is 272 g/mol. The summed E-state index contributed by atoms with van der Waals surface area (Å²) < 4.78 is 0. The van der Waals surface area contributed by atoms with Crippen LogP contribution in [0.4, 0.5) is 17.1 Å². The van der Waals surface area contributed by atoms with E-state index in [1.807, 2.05) is 24.3 Å². The first-order valence-electron chi connectivity index (χ1n) is 7.13. The van der Waals surface area contributed by atoms with E-state index >= 15 is 0 Å². The molecule has 2 nitrogen and oxygen atoms in total. The van der Waals surface area contributed by atoms with Gasteiger partial charge in [-0.05, 0) is 59.0 Å². The molecular weight excluding hydrogens is 256 g/mol. The van der Waals surface area contributed by atoms with Crippen LogP contribution in [-0.4, -0.2) is 0 Å². The zero-order valence-electron chi connectivity index (χ0n) is 11.6. The van der Waals surface area contributed by atoms with Crippen molar-refractivity contribution in [2.24, 2.45) is 0 Å². The smallest absolute Gasteiger partial charge is 0.0404 e. The molecule has 0 radical (unpaired) electrons. The van der Waals surface area contributed by atoms with Gasteiger partial charge in [0.2, 0.25) is 0 Å². The fourth-order valence-corrected chi connectivity index (χ4v) is 3.01. The Morgan fingerprint density at radius 3 is 2.43 bits per heavy atom. The molecule has 3 N–H and O–H groups in total. The van der Waals surface area contributed by atoms with E-state index in [9.17, 15) is 0 Å². The molecule has 0 spiro atoms. The number of anilines is 3. The van der Waals surface area contributed by atoms with E-state index in [-0.39, 0.29) is 0 Å². The molecular formula is C19H16N2. The number of benzene rings is 3. The van der Waals surface area contributed by atoms with Crippen LogP contribution in [-0.2, 0) is 6.42 Å². The van der Waals surface area contributed by atoms with Gasteiger partial charge in [-0.1, -0.05) is 36.4 Å². The van der Waals surface area contributed by atoms with Crippen molar-refractivity contribution >= 4 is 17.1 Å². The maximum atomic E-state index is 5.82. The summed E-state index contributed by atoms with van der Waals surface area (Å²) in [5.41, 5.74) is 14.2. The van der Waals surface area contributed by atoms with Gasteiger partial charge in [0.1, 0.15) is 0 Å². The number of rotatable bonds is 2. The van der Waals surface area contributed by atoms with Gasteiger partial charge in [-0.25, -0.2) is 0 Å². The molecule has 0 heterocycles. The highest BCUT2D eigenvalue weighted by Crippen LogP contribution is 2.38. The van der Waals surface area contributed by atoms with Crippen LogP contribution in [0.5, 0.6) is 0 Å². The summed E-state index contributed by atoms with van der Waals surface area (Å²) in [7, 11) is 0. The van der Waals surface area contributed by atoms with Gasteiger partial charge >= 0.3 is 0 Å². The van der Waals surface area contributed by atoms with Crippen LogP contribution in [0.2, 0.25) is 0 Å². The van der Waals surface area contributed by atoms with Crippen LogP contribution in [0.15, 0.2) is 66.7 Å². The van der Waals surface area contributed by atoms with E-state index in [4.69, 9.17) is 5.73 Å². The SMILES string of the molecule is Nc1cccc(Nc2ccc3c(c2)Cc2ccccc2-3)c1. The van der Waals surface area contributed by atoms with Crippen LogP contribution < -0.4 is 11.1 Å². The predicted octanol–water partition coefficient (Wildman–Crippen LogP) is 4.58. The summed E-state index contributed by atoms with van der Waals surface area (Å²) in [5, 5.41) is 3.42. The Labute approximate surface area is 124 Å². The van der Waals surface area contributed by atoms with Crippen LogP contribution in [0.25, 0.3) is 11.1 Å². The molecule has 2 heteroatoms. The van der Waals surface area contributed by atoms with Crippen molar-refractivity contribution in [1.29, 1.82) is 0 Å². The normalized spacial score (nSPS) is 11.8. The number of hydrogen-bond donors (Lipinski definition) is 2. The van der Waals surface area contributed by atoms with E-state index in [2.05, 4.69) is 47.8 Å². The Balaban J connectivity index is 1.67. The first-order valence-corrected chi connectivity index (χ1v) is 7.13. The Bertz CT molecular complexity index is 821. The molecule has 0 saturated heterocycles. The van der Waals surface area contributed by atoms with E-state index in [1.165, 1.54) is 22.3 Å². The highest BCUT2D eigenvalue weighted by Gasteiger charge is 2.17. The van der Waals surface area contributed by atoms with Gasteiger partial charge < -0.3 is 11.1 Å². The molecule has 0 saturated carbocycles. The maximum Gasteiger partial charge on any atom is 0.0404 e. The zero-order valence-corrected chi connectivity index (χ0v) is 11.6. The quantitative estimate of drug-likeness (QED) is 0.524. The van der Waals surface area contributed by atoms with Crippen molar-refractivity contribution in [3.8, 4) is 11.1 Å². The largest absolute Gasteiger partial charge is 0.399 e. The Kier molecular flexibility index (Phi) is 2.68. The second-order valence-electron chi connectivity index (χ2n) is 5.46. The lowest BCUT2D eigenvalue weighted by atomic mass is 10.1. The van der Waals surface area contributed by atoms with Gasteiger partial charge in [-0.2, -0.15) is 0 Å². The molecule has 0 unspecified atom stereocenters. The molecule has 21 heavy (non-hydrogen) atoms. The number of fused-ring (bicyclic) bond motifs is 3. The first-order chi connectivity index (χ1) is 10.3. The molecule has 1 aliphatic carbocycles. The van der Waals surface area contributed by atoms with Crippen molar-refractivity contribution in [3.63, 3.8) is 0 Å². The Hall–Kier alpha value is -2.74. The molecule has 1 aliphatic rings. The summed E-state index contributed by atoms with van der Waals surface area (Å²) in [5.74, 6) is 0. The molecule has 0 aliphatic heterocycles. The minimum absolute atomic E-state index is 0.772. The van der Waals surface area contributed by atoms with Gasteiger partial charge in [0.15, 0.2) is 0 Å². The van der Waals surface area contributed by atoms with E-state index in [1.54, 1.807) is 0 Å². The number of nitrogen functional groups attached to an aromatic ring is 1. The van der Waals surface area contributed by atoms with Crippen LogP contribution in [0, 0.1) is 0 Å². The number of nitrogens with one attached hydrogen (secondary N) is 1. The van der Waals surface area contributed by atoms with E-state index in [0.717, 1.165) is 23.5 Å². The molecule has 0 amide bonds.